The van der Waals surface area contributed by atoms with E-state index in [-0.39, 0.29) is 11.8 Å². The van der Waals surface area contributed by atoms with Crippen LogP contribution < -0.4 is 0 Å². The molecule has 0 aliphatic rings. The first-order chi connectivity index (χ1) is 14.3. The molecule has 0 spiro atoms. The Balaban J connectivity index is 2.34. The molecule has 0 fully saturated rings. The highest BCUT2D eigenvalue weighted by Crippen LogP contribution is 2.14. The largest absolute Gasteiger partial charge is 0.421 e. The summed E-state index contributed by atoms with van der Waals surface area (Å²) in [5, 5.41) is 15.9. The Morgan fingerprint density at radius 3 is 1.77 bits per heavy atom. The maximum Gasteiger partial charge on any atom is 0.221 e. The van der Waals surface area contributed by atoms with Gasteiger partial charge in [-0.25, -0.2) is 0 Å². The van der Waals surface area contributed by atoms with E-state index in [0.717, 1.165) is 44.1 Å². The van der Waals surface area contributed by atoms with Crippen molar-refractivity contribution in [1.82, 2.24) is 0 Å². The zero-order chi connectivity index (χ0) is 22.4. The van der Waals surface area contributed by atoms with Crippen LogP contribution in [0.2, 0.25) is 0 Å². The predicted molar refractivity (Wildman–Crippen MR) is 130 cm³/mol. The summed E-state index contributed by atoms with van der Waals surface area (Å²) in [6.45, 7) is 10.7. The maximum atomic E-state index is 7.96. The van der Waals surface area contributed by atoms with E-state index in [4.69, 9.17) is 15.6 Å². The fourth-order valence-electron chi connectivity index (χ4n) is 2.97. The third kappa shape index (κ3) is 12.0. The quantitative estimate of drug-likeness (QED) is 0.217. The summed E-state index contributed by atoms with van der Waals surface area (Å²) in [5.41, 5.74) is 6.03. The monoisotopic (exact) mass is 406 g/mol. The zero-order valence-corrected chi connectivity index (χ0v) is 19.3. The molecule has 0 saturated carbocycles. The topological polar surface area (TPSA) is 56.9 Å². The van der Waals surface area contributed by atoms with Gasteiger partial charge < -0.3 is 4.74 Å². The molecule has 0 saturated heterocycles. The van der Waals surface area contributed by atoms with Crippen LogP contribution in [0.1, 0.15) is 78.7 Å². The van der Waals surface area contributed by atoms with Gasteiger partial charge in [-0.3, -0.25) is 10.8 Å². The van der Waals surface area contributed by atoms with Crippen LogP contribution in [0.5, 0.6) is 0 Å². The van der Waals surface area contributed by atoms with Crippen LogP contribution in [-0.2, 0) is 4.74 Å². The van der Waals surface area contributed by atoms with Crippen LogP contribution >= 0.6 is 0 Å². The Morgan fingerprint density at radius 2 is 1.23 bits per heavy atom. The first-order valence-corrected chi connectivity index (χ1v) is 10.8. The molecule has 2 N–H and O–H groups in total. The molecule has 0 atom stereocenters. The normalized spacial score (nSPS) is 12.5. The van der Waals surface area contributed by atoms with Gasteiger partial charge in [-0.2, -0.15) is 0 Å². The Bertz CT molecular complexity index is 807. The van der Waals surface area contributed by atoms with Gasteiger partial charge in [-0.15, -0.1) is 0 Å². The van der Waals surface area contributed by atoms with Crippen molar-refractivity contribution >= 4 is 11.8 Å². The average Bonchev–Trinajstić information content (AvgIpc) is 2.68. The number of hydrogen-bond donors (Lipinski definition) is 2. The van der Waals surface area contributed by atoms with Gasteiger partial charge in [0.25, 0.3) is 0 Å². The van der Waals surface area contributed by atoms with Gasteiger partial charge in [0.15, 0.2) is 0 Å². The van der Waals surface area contributed by atoms with Crippen molar-refractivity contribution in [1.29, 1.82) is 10.8 Å². The van der Waals surface area contributed by atoms with Crippen LogP contribution in [0.15, 0.2) is 76.9 Å². The minimum atomic E-state index is 0.00425. The smallest absolute Gasteiger partial charge is 0.221 e. The van der Waals surface area contributed by atoms with E-state index in [1.165, 1.54) is 16.7 Å². The number of hydrogen-bond acceptors (Lipinski definition) is 3. The SMILES string of the molecule is CC(C)=CCC/C(C)=C/CC/C(C)=C/CC/C(C)=C/C(=N)OC(=N)c1ccccc1. The molecule has 1 aromatic carbocycles. The van der Waals surface area contributed by atoms with Crippen molar-refractivity contribution in [2.75, 3.05) is 0 Å². The van der Waals surface area contributed by atoms with Crippen LogP contribution in [0.25, 0.3) is 0 Å². The van der Waals surface area contributed by atoms with Crippen LogP contribution in [-0.4, -0.2) is 11.8 Å². The zero-order valence-electron chi connectivity index (χ0n) is 19.3. The summed E-state index contributed by atoms with van der Waals surface area (Å²) in [7, 11) is 0. The third-order valence-electron chi connectivity index (χ3n) is 4.78. The van der Waals surface area contributed by atoms with Gasteiger partial charge in [-0.1, -0.05) is 58.7 Å². The van der Waals surface area contributed by atoms with Crippen molar-refractivity contribution in [3.05, 3.63) is 82.5 Å². The molecule has 0 unspecified atom stereocenters. The van der Waals surface area contributed by atoms with E-state index in [1.54, 1.807) is 18.2 Å². The van der Waals surface area contributed by atoms with Gasteiger partial charge in [-0.05, 0) is 91.4 Å². The van der Waals surface area contributed by atoms with Gasteiger partial charge in [0, 0.05) is 5.56 Å². The summed E-state index contributed by atoms with van der Waals surface area (Å²) in [6, 6.07) is 9.22. The first-order valence-electron chi connectivity index (χ1n) is 10.8. The molecular weight excluding hydrogens is 368 g/mol. The van der Waals surface area contributed by atoms with Crippen LogP contribution in [0, 0.1) is 10.8 Å². The number of ether oxygens (including phenoxy) is 1. The van der Waals surface area contributed by atoms with Gasteiger partial charge in [0.05, 0.1) is 0 Å². The second kappa shape index (κ2) is 14.3. The van der Waals surface area contributed by atoms with E-state index < -0.39 is 0 Å². The lowest BCUT2D eigenvalue weighted by Gasteiger charge is -2.06. The van der Waals surface area contributed by atoms with Crippen molar-refractivity contribution in [3.8, 4) is 0 Å². The highest BCUT2D eigenvalue weighted by molar-refractivity contribution is 6.02. The fraction of sp³-hybridized carbons (Fsp3) is 0.407. The molecule has 3 nitrogen and oxygen atoms in total. The summed E-state index contributed by atoms with van der Waals surface area (Å²) < 4.78 is 5.32. The van der Waals surface area contributed by atoms with Crippen molar-refractivity contribution in [2.24, 2.45) is 0 Å². The molecule has 3 heteroatoms. The van der Waals surface area contributed by atoms with Crippen molar-refractivity contribution in [2.45, 2.75) is 73.1 Å². The molecule has 0 radical (unpaired) electrons. The molecule has 0 aliphatic heterocycles. The first kappa shape index (κ1) is 25.4. The van der Waals surface area contributed by atoms with E-state index in [0.29, 0.717) is 5.56 Å². The minimum absolute atomic E-state index is 0.00425. The van der Waals surface area contributed by atoms with Gasteiger partial charge in [0.2, 0.25) is 11.8 Å². The van der Waals surface area contributed by atoms with Crippen LogP contribution in [0.3, 0.4) is 0 Å². The Morgan fingerprint density at radius 1 is 0.733 bits per heavy atom. The lowest BCUT2D eigenvalue weighted by molar-refractivity contribution is 0.540. The fourth-order valence-corrected chi connectivity index (χ4v) is 2.97. The number of benzene rings is 1. The number of nitrogens with one attached hydrogen (secondary N) is 2. The molecular formula is C27H38N2O. The third-order valence-corrected chi connectivity index (χ3v) is 4.78. The van der Waals surface area contributed by atoms with E-state index in [9.17, 15) is 0 Å². The number of rotatable bonds is 11. The highest BCUT2D eigenvalue weighted by atomic mass is 16.5. The second-order valence-corrected chi connectivity index (χ2v) is 8.15. The van der Waals surface area contributed by atoms with E-state index >= 15 is 0 Å². The van der Waals surface area contributed by atoms with Crippen molar-refractivity contribution < 1.29 is 4.74 Å². The predicted octanol–water partition coefficient (Wildman–Crippen LogP) is 8.15. The average molecular weight is 407 g/mol. The summed E-state index contributed by atoms with van der Waals surface area (Å²) >= 11 is 0. The van der Waals surface area contributed by atoms with Crippen LogP contribution in [0.4, 0.5) is 0 Å². The van der Waals surface area contributed by atoms with Gasteiger partial charge in [0.1, 0.15) is 0 Å². The summed E-state index contributed by atoms with van der Waals surface area (Å²) in [6.07, 6.45) is 15.0. The summed E-state index contributed by atoms with van der Waals surface area (Å²) in [4.78, 5) is 0. The molecule has 0 heterocycles. The highest BCUT2D eigenvalue weighted by Gasteiger charge is 2.04. The Kier molecular flexibility index (Phi) is 12.1. The number of allylic oxidation sites excluding steroid dienone is 7. The standard InChI is InChI=1S/C27H38N2O/c1-21(2)12-9-13-22(3)14-10-15-23(4)16-11-17-24(5)20-26(28)30-27(29)25-18-7-6-8-19-25/h6-8,12,14,16,18-20,28-29H,9-11,13,15,17H2,1-5H3/b22-14+,23-16+,24-20+,28-26?,29-27?. The minimum Gasteiger partial charge on any atom is -0.421 e. The lowest BCUT2D eigenvalue weighted by Crippen LogP contribution is -2.10. The lowest BCUT2D eigenvalue weighted by atomic mass is 10.0. The Hall–Kier alpha value is -2.68. The molecule has 30 heavy (non-hydrogen) atoms. The molecule has 1 rings (SSSR count). The van der Waals surface area contributed by atoms with E-state index in [1.807, 2.05) is 25.1 Å². The van der Waals surface area contributed by atoms with Gasteiger partial charge >= 0.3 is 0 Å². The molecule has 0 bridgehead atoms. The van der Waals surface area contributed by atoms with Crippen molar-refractivity contribution in [3.63, 3.8) is 0 Å². The second-order valence-electron chi connectivity index (χ2n) is 8.15. The summed E-state index contributed by atoms with van der Waals surface area (Å²) in [5.74, 6) is 0.0142. The van der Waals surface area contributed by atoms with E-state index in [2.05, 4.69) is 45.9 Å². The molecule has 0 aromatic heterocycles. The molecule has 1 aromatic rings. The molecule has 162 valence electrons. The Labute approximate surface area is 183 Å². The molecule has 0 amide bonds. The molecule has 0 aliphatic carbocycles. The maximum absolute atomic E-state index is 7.96.